The van der Waals surface area contributed by atoms with Crippen molar-refractivity contribution in [1.29, 1.82) is 0 Å². The van der Waals surface area contributed by atoms with Crippen LogP contribution in [-0.4, -0.2) is 18.5 Å². The highest BCUT2D eigenvalue weighted by molar-refractivity contribution is 5.81. The Balaban J connectivity index is 1.34. The third kappa shape index (κ3) is 9.05. The number of rotatable bonds is 13. The molecule has 200 valence electrons. The Labute approximate surface area is 217 Å². The van der Waals surface area contributed by atoms with Crippen LogP contribution < -0.4 is 4.74 Å². The first kappa shape index (κ1) is 28.4. The van der Waals surface area contributed by atoms with Gasteiger partial charge in [-0.25, -0.2) is 9.18 Å². The quantitative estimate of drug-likeness (QED) is 0.119. The van der Waals surface area contributed by atoms with E-state index >= 15 is 0 Å². The van der Waals surface area contributed by atoms with Gasteiger partial charge in [0.25, 0.3) is 0 Å². The van der Waals surface area contributed by atoms with Gasteiger partial charge in [-0.1, -0.05) is 58.1 Å². The number of halogens is 1. The third-order valence-electron chi connectivity index (χ3n) is 8.35. The van der Waals surface area contributed by atoms with Crippen molar-refractivity contribution >= 4 is 11.9 Å². The minimum atomic E-state index is -0.398. The molecule has 2 saturated carbocycles. The number of carbonyl (C=O) groups is 2. The van der Waals surface area contributed by atoms with Gasteiger partial charge >= 0.3 is 11.9 Å². The minimum Gasteiger partial charge on any atom is -0.463 e. The molecule has 2 aliphatic rings. The molecule has 0 spiro atoms. The van der Waals surface area contributed by atoms with Crippen molar-refractivity contribution in [3.63, 3.8) is 0 Å². The number of aryl methyl sites for hydroxylation is 1. The molecule has 2 fully saturated rings. The Bertz CT molecular complexity index is 835. The van der Waals surface area contributed by atoms with Crippen molar-refractivity contribution in [3.8, 4) is 5.75 Å². The van der Waals surface area contributed by atoms with Crippen LogP contribution in [-0.2, 0) is 20.7 Å². The molecule has 0 aromatic heterocycles. The number of ether oxygens (including phenoxy) is 2. The molecule has 0 aliphatic heterocycles. The highest BCUT2D eigenvalue weighted by Crippen LogP contribution is 2.42. The SMILES string of the molecule is C=CC(=O)OCCCCCCc1ccc(OC(=O)C2CCC(C3CCC(CCC)CC3)CC2)cc1F. The standard InChI is InChI=1S/C31H45FO4/c1-3-9-23-11-13-24(14-12-23)25-15-17-27(18-16-25)31(34)36-28-20-19-26(29(32)22-28)10-7-5-6-8-21-35-30(33)4-2/h4,19-20,22-25,27H,2-3,5-18,21H2,1H3. The molecule has 0 amide bonds. The van der Waals surface area contributed by atoms with Crippen LogP contribution in [0.5, 0.6) is 5.75 Å². The summed E-state index contributed by atoms with van der Waals surface area (Å²) in [7, 11) is 0. The van der Waals surface area contributed by atoms with E-state index in [9.17, 15) is 14.0 Å². The molecule has 0 radical (unpaired) electrons. The van der Waals surface area contributed by atoms with Gasteiger partial charge in [-0.15, -0.1) is 0 Å². The molecular weight excluding hydrogens is 455 g/mol. The van der Waals surface area contributed by atoms with Crippen LogP contribution in [0.25, 0.3) is 0 Å². The second-order valence-corrected chi connectivity index (χ2v) is 10.9. The van der Waals surface area contributed by atoms with Gasteiger partial charge in [0.05, 0.1) is 12.5 Å². The Kier molecular flexibility index (Phi) is 12.0. The molecule has 0 atom stereocenters. The monoisotopic (exact) mass is 500 g/mol. The first-order valence-corrected chi connectivity index (χ1v) is 14.3. The molecule has 0 bridgehead atoms. The van der Waals surface area contributed by atoms with Crippen LogP contribution in [0, 0.1) is 29.5 Å². The Hall–Kier alpha value is -2.17. The van der Waals surface area contributed by atoms with E-state index < -0.39 is 5.97 Å². The highest BCUT2D eigenvalue weighted by Gasteiger charge is 2.33. The predicted molar refractivity (Wildman–Crippen MR) is 141 cm³/mol. The largest absolute Gasteiger partial charge is 0.463 e. The van der Waals surface area contributed by atoms with Crippen LogP contribution in [0.1, 0.15) is 102 Å². The number of unbranched alkanes of at least 4 members (excludes halogenated alkanes) is 3. The minimum absolute atomic E-state index is 0.0637. The Morgan fingerprint density at radius 1 is 0.972 bits per heavy atom. The molecular formula is C31H45FO4. The van der Waals surface area contributed by atoms with Crippen molar-refractivity contribution in [1.82, 2.24) is 0 Å². The summed E-state index contributed by atoms with van der Waals surface area (Å²) < 4.78 is 25.1. The highest BCUT2D eigenvalue weighted by atomic mass is 19.1. The fourth-order valence-corrected chi connectivity index (χ4v) is 6.18. The lowest BCUT2D eigenvalue weighted by molar-refractivity contribution is -0.140. The van der Waals surface area contributed by atoms with Gasteiger partial charge in [-0.2, -0.15) is 0 Å². The normalized spacial score (nSPS) is 24.2. The van der Waals surface area contributed by atoms with E-state index in [2.05, 4.69) is 13.5 Å². The number of benzene rings is 1. The molecule has 2 aliphatic carbocycles. The maximum Gasteiger partial charge on any atom is 0.330 e. The molecule has 0 heterocycles. The summed E-state index contributed by atoms with van der Waals surface area (Å²) in [6.07, 6.45) is 17.5. The lowest BCUT2D eigenvalue weighted by Gasteiger charge is -2.37. The van der Waals surface area contributed by atoms with Crippen molar-refractivity contribution in [2.24, 2.45) is 23.7 Å². The summed E-state index contributed by atoms with van der Waals surface area (Å²) in [6, 6.07) is 4.80. The summed E-state index contributed by atoms with van der Waals surface area (Å²) >= 11 is 0. The average Bonchev–Trinajstić information content (AvgIpc) is 2.89. The van der Waals surface area contributed by atoms with E-state index in [4.69, 9.17) is 9.47 Å². The van der Waals surface area contributed by atoms with Gasteiger partial charge in [0.2, 0.25) is 0 Å². The summed E-state index contributed by atoms with van der Waals surface area (Å²) in [5.41, 5.74) is 0.641. The first-order chi connectivity index (χ1) is 17.5. The van der Waals surface area contributed by atoms with Crippen LogP contribution in [0.15, 0.2) is 30.9 Å². The molecule has 5 heteroatoms. The summed E-state index contributed by atoms with van der Waals surface area (Å²) in [5.74, 6) is 1.86. The number of hydrogen-bond acceptors (Lipinski definition) is 4. The van der Waals surface area contributed by atoms with Gasteiger partial charge in [-0.05, 0) is 87.2 Å². The van der Waals surface area contributed by atoms with Crippen LogP contribution in [0.4, 0.5) is 4.39 Å². The third-order valence-corrected chi connectivity index (χ3v) is 8.35. The smallest absolute Gasteiger partial charge is 0.330 e. The molecule has 0 unspecified atom stereocenters. The van der Waals surface area contributed by atoms with Crippen LogP contribution in [0.3, 0.4) is 0 Å². The van der Waals surface area contributed by atoms with Crippen LogP contribution >= 0.6 is 0 Å². The van der Waals surface area contributed by atoms with E-state index in [1.807, 2.05) is 0 Å². The zero-order valence-electron chi connectivity index (χ0n) is 22.2. The molecule has 3 rings (SSSR count). The number of hydrogen-bond donors (Lipinski definition) is 0. The molecule has 1 aromatic rings. The van der Waals surface area contributed by atoms with Gasteiger partial charge in [-0.3, -0.25) is 4.79 Å². The molecule has 1 aromatic carbocycles. The second-order valence-electron chi connectivity index (χ2n) is 10.9. The summed E-state index contributed by atoms with van der Waals surface area (Å²) in [4.78, 5) is 23.7. The zero-order valence-corrected chi connectivity index (χ0v) is 22.2. The zero-order chi connectivity index (χ0) is 25.8. The average molecular weight is 501 g/mol. The van der Waals surface area contributed by atoms with E-state index in [0.717, 1.165) is 75.2 Å². The lowest BCUT2D eigenvalue weighted by Crippen LogP contribution is -2.30. The molecule has 36 heavy (non-hydrogen) atoms. The van der Waals surface area contributed by atoms with Crippen molar-refractivity contribution in [3.05, 3.63) is 42.2 Å². The summed E-state index contributed by atoms with van der Waals surface area (Å²) in [6.45, 7) is 6.04. The molecule has 0 saturated heterocycles. The Morgan fingerprint density at radius 2 is 1.64 bits per heavy atom. The fourth-order valence-electron chi connectivity index (χ4n) is 6.18. The predicted octanol–water partition coefficient (Wildman–Crippen LogP) is 7.98. The molecule has 4 nitrogen and oxygen atoms in total. The van der Waals surface area contributed by atoms with E-state index in [-0.39, 0.29) is 17.7 Å². The maximum absolute atomic E-state index is 14.6. The lowest BCUT2D eigenvalue weighted by atomic mass is 9.69. The van der Waals surface area contributed by atoms with Gasteiger partial charge < -0.3 is 9.47 Å². The van der Waals surface area contributed by atoms with E-state index in [1.165, 1.54) is 44.6 Å². The van der Waals surface area contributed by atoms with Gasteiger partial charge in [0.1, 0.15) is 11.6 Å². The number of carbonyl (C=O) groups excluding carboxylic acids is 2. The fraction of sp³-hybridized carbons (Fsp3) is 0.677. The van der Waals surface area contributed by atoms with Gasteiger partial charge in [0, 0.05) is 12.1 Å². The molecule has 0 N–H and O–H groups in total. The number of esters is 2. The summed E-state index contributed by atoms with van der Waals surface area (Å²) in [5, 5.41) is 0. The maximum atomic E-state index is 14.6. The van der Waals surface area contributed by atoms with E-state index in [0.29, 0.717) is 24.3 Å². The second kappa shape index (κ2) is 15.2. The van der Waals surface area contributed by atoms with Crippen molar-refractivity contribution < 1.29 is 23.5 Å². The topological polar surface area (TPSA) is 52.6 Å². The van der Waals surface area contributed by atoms with Crippen LogP contribution in [0.2, 0.25) is 0 Å². The first-order valence-electron chi connectivity index (χ1n) is 14.3. The van der Waals surface area contributed by atoms with Crippen molar-refractivity contribution in [2.45, 2.75) is 103 Å². The van der Waals surface area contributed by atoms with Gasteiger partial charge in [0.15, 0.2) is 0 Å². The Morgan fingerprint density at radius 3 is 2.28 bits per heavy atom. The van der Waals surface area contributed by atoms with E-state index in [1.54, 1.807) is 12.1 Å². The van der Waals surface area contributed by atoms with Crippen molar-refractivity contribution in [2.75, 3.05) is 6.61 Å².